The van der Waals surface area contributed by atoms with Gasteiger partial charge in [0.05, 0.1) is 11.7 Å². The Morgan fingerprint density at radius 3 is 2.93 bits per heavy atom. The molecule has 4 rings (SSSR count). The minimum absolute atomic E-state index is 0.107. The third-order valence-electron chi connectivity index (χ3n) is 5.08. The summed E-state index contributed by atoms with van der Waals surface area (Å²) in [7, 11) is 2.09. The molecule has 1 aliphatic heterocycles. The number of anilines is 2. The average molecular weight is 394 g/mol. The van der Waals surface area contributed by atoms with Crippen LogP contribution in [0.1, 0.15) is 18.9 Å². The van der Waals surface area contributed by atoms with Crippen LogP contribution < -0.4 is 10.2 Å². The van der Waals surface area contributed by atoms with E-state index in [2.05, 4.69) is 46.3 Å². The van der Waals surface area contributed by atoms with E-state index >= 15 is 0 Å². The highest BCUT2D eigenvalue weighted by Crippen LogP contribution is 2.29. The number of nitrogens with one attached hydrogen (secondary N) is 1. The van der Waals surface area contributed by atoms with Crippen molar-refractivity contribution < 1.29 is 4.79 Å². The number of thiazole rings is 1. The van der Waals surface area contributed by atoms with Crippen molar-refractivity contribution in [3.05, 3.63) is 59.7 Å². The number of pyridine rings is 1. The first kappa shape index (κ1) is 18.4. The van der Waals surface area contributed by atoms with Gasteiger partial charge in [-0.15, -0.1) is 11.3 Å². The second-order valence-corrected chi connectivity index (χ2v) is 7.77. The minimum Gasteiger partial charge on any atom is -0.372 e. The fraction of sp³-hybridized carbons (Fsp3) is 0.286. The molecule has 1 N–H and O–H groups in total. The van der Waals surface area contributed by atoms with Crippen molar-refractivity contribution in [2.75, 3.05) is 23.8 Å². The van der Waals surface area contributed by atoms with Crippen LogP contribution in [0.15, 0.2) is 54.2 Å². The minimum atomic E-state index is -0.107. The van der Waals surface area contributed by atoms with Gasteiger partial charge in [-0.05, 0) is 30.2 Å². The van der Waals surface area contributed by atoms with Crippen LogP contribution in [0.25, 0.3) is 11.3 Å². The van der Waals surface area contributed by atoms with E-state index in [1.165, 1.54) is 17.0 Å². The number of carbonyl (C=O) groups excluding carboxylic acids is 1. The molecule has 0 fully saturated rings. The van der Waals surface area contributed by atoms with Crippen LogP contribution in [0.4, 0.5) is 15.6 Å². The van der Waals surface area contributed by atoms with Gasteiger partial charge in [0.15, 0.2) is 5.13 Å². The van der Waals surface area contributed by atoms with Crippen LogP contribution in [0, 0.1) is 0 Å². The molecule has 3 aromatic rings. The maximum atomic E-state index is 13.1. The van der Waals surface area contributed by atoms with Crippen molar-refractivity contribution in [3.63, 3.8) is 0 Å². The summed E-state index contributed by atoms with van der Waals surface area (Å²) in [4.78, 5) is 26.0. The second-order valence-electron chi connectivity index (χ2n) is 6.91. The quantitative estimate of drug-likeness (QED) is 0.713. The summed E-state index contributed by atoms with van der Waals surface area (Å²) in [5.41, 5.74) is 4.10. The lowest BCUT2D eigenvalue weighted by molar-refractivity contribution is 0.185. The van der Waals surface area contributed by atoms with E-state index in [9.17, 15) is 4.79 Å². The molecule has 0 bridgehead atoms. The molecule has 0 radical (unpaired) electrons. The zero-order valence-electron chi connectivity index (χ0n) is 16.0. The molecule has 3 heterocycles. The van der Waals surface area contributed by atoms with E-state index in [1.807, 2.05) is 34.5 Å². The van der Waals surface area contributed by atoms with Gasteiger partial charge in [-0.1, -0.05) is 25.1 Å². The SMILES string of the molecule is CCC1CN(C)c2ccccc2CN1C(=O)Nc1nc(-c2cccnc2)cs1. The molecule has 0 saturated carbocycles. The van der Waals surface area contributed by atoms with Crippen LogP contribution in [0.3, 0.4) is 0 Å². The predicted octanol–water partition coefficient (Wildman–Crippen LogP) is 4.47. The Hall–Kier alpha value is -2.93. The van der Waals surface area contributed by atoms with E-state index < -0.39 is 0 Å². The first-order chi connectivity index (χ1) is 13.7. The molecule has 2 aromatic heterocycles. The van der Waals surface area contributed by atoms with E-state index in [1.54, 1.807) is 12.4 Å². The third-order valence-corrected chi connectivity index (χ3v) is 5.83. The van der Waals surface area contributed by atoms with Gasteiger partial charge in [-0.25, -0.2) is 9.78 Å². The molecule has 2 amide bonds. The smallest absolute Gasteiger partial charge is 0.324 e. The van der Waals surface area contributed by atoms with Gasteiger partial charge >= 0.3 is 6.03 Å². The monoisotopic (exact) mass is 393 g/mol. The first-order valence-electron chi connectivity index (χ1n) is 9.38. The van der Waals surface area contributed by atoms with E-state index in [0.29, 0.717) is 11.7 Å². The highest BCUT2D eigenvalue weighted by molar-refractivity contribution is 7.14. The van der Waals surface area contributed by atoms with Crippen molar-refractivity contribution in [2.24, 2.45) is 0 Å². The molecular formula is C21H23N5OS. The number of rotatable bonds is 3. The largest absolute Gasteiger partial charge is 0.372 e. The lowest BCUT2D eigenvalue weighted by Crippen LogP contribution is -2.45. The number of benzene rings is 1. The fourth-order valence-electron chi connectivity index (χ4n) is 3.57. The van der Waals surface area contributed by atoms with Crippen LogP contribution in [0.2, 0.25) is 0 Å². The molecule has 144 valence electrons. The predicted molar refractivity (Wildman–Crippen MR) is 114 cm³/mol. The first-order valence-corrected chi connectivity index (χ1v) is 10.3. The number of hydrogen-bond acceptors (Lipinski definition) is 5. The van der Waals surface area contributed by atoms with E-state index in [4.69, 9.17) is 0 Å². The molecule has 1 aliphatic rings. The molecule has 0 saturated heterocycles. The fourth-order valence-corrected chi connectivity index (χ4v) is 4.28. The number of para-hydroxylation sites is 1. The van der Waals surface area contributed by atoms with Gasteiger partial charge in [0.2, 0.25) is 0 Å². The molecule has 7 heteroatoms. The topological polar surface area (TPSA) is 61.4 Å². The number of urea groups is 1. The summed E-state index contributed by atoms with van der Waals surface area (Å²) in [6.07, 6.45) is 4.40. The molecule has 1 atom stereocenters. The molecular weight excluding hydrogens is 370 g/mol. The zero-order chi connectivity index (χ0) is 19.5. The van der Waals surface area contributed by atoms with Crippen molar-refractivity contribution in [3.8, 4) is 11.3 Å². The summed E-state index contributed by atoms with van der Waals surface area (Å²) in [6, 6.07) is 12.1. The van der Waals surface area contributed by atoms with E-state index in [0.717, 1.165) is 29.8 Å². The van der Waals surface area contributed by atoms with Crippen molar-refractivity contribution in [1.29, 1.82) is 0 Å². The number of fused-ring (bicyclic) bond motifs is 1. The highest BCUT2D eigenvalue weighted by atomic mass is 32.1. The summed E-state index contributed by atoms with van der Waals surface area (Å²) in [5.74, 6) is 0. The average Bonchev–Trinajstić information content (AvgIpc) is 3.13. The van der Waals surface area contributed by atoms with Gasteiger partial charge in [0, 0.05) is 49.2 Å². The van der Waals surface area contributed by atoms with Crippen LogP contribution in [0.5, 0.6) is 0 Å². The Balaban J connectivity index is 1.54. The van der Waals surface area contributed by atoms with Gasteiger partial charge < -0.3 is 9.80 Å². The molecule has 0 aliphatic carbocycles. The van der Waals surface area contributed by atoms with Crippen molar-refractivity contribution in [2.45, 2.75) is 25.9 Å². The lowest BCUT2D eigenvalue weighted by Gasteiger charge is -2.30. The molecule has 1 unspecified atom stereocenters. The Morgan fingerprint density at radius 1 is 1.29 bits per heavy atom. The van der Waals surface area contributed by atoms with Crippen LogP contribution in [-0.2, 0) is 6.54 Å². The van der Waals surface area contributed by atoms with Gasteiger partial charge in [0.1, 0.15) is 0 Å². The van der Waals surface area contributed by atoms with Crippen molar-refractivity contribution >= 4 is 28.2 Å². The Kier molecular flexibility index (Phi) is 5.25. The maximum absolute atomic E-state index is 13.1. The Bertz CT molecular complexity index is 958. The lowest BCUT2D eigenvalue weighted by atomic mass is 10.1. The van der Waals surface area contributed by atoms with Crippen LogP contribution in [-0.4, -0.2) is 40.5 Å². The number of hydrogen-bond donors (Lipinski definition) is 1. The molecule has 6 nitrogen and oxygen atoms in total. The van der Waals surface area contributed by atoms with Gasteiger partial charge in [0.25, 0.3) is 0 Å². The normalized spacial score (nSPS) is 16.4. The number of aromatic nitrogens is 2. The molecule has 1 aromatic carbocycles. The Morgan fingerprint density at radius 2 is 2.14 bits per heavy atom. The number of likely N-dealkylation sites (N-methyl/N-ethyl adjacent to an activating group) is 1. The van der Waals surface area contributed by atoms with Gasteiger partial charge in [-0.2, -0.15) is 0 Å². The highest BCUT2D eigenvalue weighted by Gasteiger charge is 2.29. The number of amides is 2. The van der Waals surface area contributed by atoms with Crippen molar-refractivity contribution in [1.82, 2.24) is 14.9 Å². The Labute approximate surface area is 168 Å². The number of nitrogens with zero attached hydrogens (tertiary/aromatic N) is 4. The number of carbonyl (C=O) groups is 1. The van der Waals surface area contributed by atoms with E-state index in [-0.39, 0.29) is 12.1 Å². The summed E-state index contributed by atoms with van der Waals surface area (Å²) >= 11 is 1.43. The standard InChI is InChI=1S/C21H23N5OS/c1-3-17-13-25(2)19-9-5-4-7-16(19)12-26(17)21(27)24-20-23-18(14-28-20)15-8-6-10-22-11-15/h4-11,14,17H,3,12-13H2,1-2H3,(H,23,24,27). The van der Waals surface area contributed by atoms with Gasteiger partial charge in [-0.3, -0.25) is 10.3 Å². The second kappa shape index (κ2) is 7.98. The third kappa shape index (κ3) is 3.71. The summed E-state index contributed by atoms with van der Waals surface area (Å²) < 4.78 is 0. The molecule has 28 heavy (non-hydrogen) atoms. The van der Waals surface area contributed by atoms with Crippen LogP contribution >= 0.6 is 11.3 Å². The summed E-state index contributed by atoms with van der Waals surface area (Å²) in [6.45, 7) is 3.52. The maximum Gasteiger partial charge on any atom is 0.324 e. The zero-order valence-corrected chi connectivity index (χ0v) is 16.8. The summed E-state index contributed by atoms with van der Waals surface area (Å²) in [5, 5.41) is 5.54. The molecule has 0 spiro atoms.